The molecule has 0 spiro atoms. The molecule has 0 aliphatic carbocycles. The summed E-state index contributed by atoms with van der Waals surface area (Å²) in [5.74, 6) is -0.821. The summed E-state index contributed by atoms with van der Waals surface area (Å²) in [7, 11) is 1.28. The highest BCUT2D eigenvalue weighted by Gasteiger charge is 2.28. The summed E-state index contributed by atoms with van der Waals surface area (Å²) in [6.45, 7) is 0.561. The third kappa shape index (κ3) is 4.06. The summed E-state index contributed by atoms with van der Waals surface area (Å²) in [6.07, 6.45) is 1.26. The fourth-order valence-electron chi connectivity index (χ4n) is 2.39. The van der Waals surface area contributed by atoms with Crippen molar-refractivity contribution in [2.24, 2.45) is 0 Å². The highest BCUT2D eigenvalue weighted by molar-refractivity contribution is 5.87. The normalized spacial score (nSPS) is 18.3. The van der Waals surface area contributed by atoms with Crippen LogP contribution in [0.15, 0.2) is 24.3 Å². The third-order valence-electron chi connectivity index (χ3n) is 3.52. The van der Waals surface area contributed by atoms with Crippen molar-refractivity contribution >= 4 is 11.9 Å². The van der Waals surface area contributed by atoms with Gasteiger partial charge in [0.15, 0.2) is 0 Å². The van der Waals surface area contributed by atoms with E-state index in [9.17, 15) is 9.59 Å². The van der Waals surface area contributed by atoms with E-state index in [2.05, 4.69) is 5.32 Å². The van der Waals surface area contributed by atoms with E-state index >= 15 is 0 Å². The Kier molecular flexibility index (Phi) is 5.50. The van der Waals surface area contributed by atoms with Gasteiger partial charge in [0, 0.05) is 13.0 Å². The Morgan fingerprint density at radius 2 is 2.36 bits per heavy atom. The molecule has 1 N–H and O–H groups in total. The average molecular weight is 302 g/mol. The number of amides is 1. The fourth-order valence-corrected chi connectivity index (χ4v) is 2.39. The fraction of sp³-hybridized carbons (Fsp3) is 0.438. The van der Waals surface area contributed by atoms with Gasteiger partial charge in [0.1, 0.15) is 12.1 Å². The summed E-state index contributed by atoms with van der Waals surface area (Å²) in [5.41, 5.74) is 1.29. The molecule has 0 bridgehead atoms. The van der Waals surface area contributed by atoms with E-state index in [-0.39, 0.29) is 12.3 Å². The highest BCUT2D eigenvalue weighted by atomic mass is 16.5. The van der Waals surface area contributed by atoms with Gasteiger partial charge in [0.25, 0.3) is 0 Å². The summed E-state index contributed by atoms with van der Waals surface area (Å²) in [4.78, 5) is 24.0. The first-order valence-electron chi connectivity index (χ1n) is 7.13. The number of ether oxygens (including phenoxy) is 2. The van der Waals surface area contributed by atoms with Gasteiger partial charge < -0.3 is 14.8 Å². The van der Waals surface area contributed by atoms with Gasteiger partial charge in [-0.2, -0.15) is 5.26 Å². The molecule has 6 nitrogen and oxygen atoms in total. The van der Waals surface area contributed by atoms with Gasteiger partial charge in [-0.3, -0.25) is 4.79 Å². The zero-order chi connectivity index (χ0) is 15.9. The molecule has 0 unspecified atom stereocenters. The van der Waals surface area contributed by atoms with Gasteiger partial charge in [-0.25, -0.2) is 4.79 Å². The molecule has 1 fully saturated rings. The molecule has 1 saturated heterocycles. The number of hydrogen-bond donors (Lipinski definition) is 1. The van der Waals surface area contributed by atoms with Crippen LogP contribution in [-0.4, -0.2) is 37.7 Å². The minimum Gasteiger partial charge on any atom is -0.467 e. The van der Waals surface area contributed by atoms with E-state index in [0.29, 0.717) is 18.6 Å². The van der Waals surface area contributed by atoms with Crippen LogP contribution in [-0.2, 0) is 25.5 Å². The molecule has 2 rings (SSSR count). The number of nitriles is 1. The number of esters is 1. The van der Waals surface area contributed by atoms with Crippen LogP contribution < -0.4 is 5.32 Å². The lowest BCUT2D eigenvalue weighted by molar-refractivity contribution is -0.146. The number of carbonyl (C=O) groups is 2. The number of nitrogens with one attached hydrogen (secondary N) is 1. The van der Waals surface area contributed by atoms with Crippen molar-refractivity contribution in [1.29, 1.82) is 5.26 Å². The van der Waals surface area contributed by atoms with Gasteiger partial charge in [0.2, 0.25) is 5.91 Å². The average Bonchev–Trinajstić information content (AvgIpc) is 3.08. The lowest BCUT2D eigenvalue weighted by Gasteiger charge is -2.18. The van der Waals surface area contributed by atoms with E-state index in [1.165, 1.54) is 7.11 Å². The van der Waals surface area contributed by atoms with Gasteiger partial charge in [0.05, 0.1) is 18.7 Å². The second kappa shape index (κ2) is 7.57. The molecular weight excluding hydrogens is 284 g/mol. The summed E-state index contributed by atoms with van der Waals surface area (Å²) in [5, 5.41) is 11.6. The molecule has 1 aromatic carbocycles. The summed E-state index contributed by atoms with van der Waals surface area (Å²) < 4.78 is 10.1. The number of benzene rings is 1. The van der Waals surface area contributed by atoms with Crippen LogP contribution in [0.3, 0.4) is 0 Å². The predicted octanol–water partition coefficient (Wildman–Crippen LogP) is 0.938. The first kappa shape index (κ1) is 16.0. The third-order valence-corrected chi connectivity index (χ3v) is 3.52. The second-order valence-corrected chi connectivity index (χ2v) is 5.10. The lowest BCUT2D eigenvalue weighted by atomic mass is 10.0. The van der Waals surface area contributed by atoms with E-state index in [4.69, 9.17) is 14.7 Å². The van der Waals surface area contributed by atoms with Crippen molar-refractivity contribution in [3.8, 4) is 6.07 Å². The van der Waals surface area contributed by atoms with Crippen molar-refractivity contribution in [3.63, 3.8) is 0 Å². The smallest absolute Gasteiger partial charge is 0.328 e. The monoisotopic (exact) mass is 302 g/mol. The van der Waals surface area contributed by atoms with Crippen molar-refractivity contribution < 1.29 is 19.1 Å². The maximum absolute atomic E-state index is 12.1. The topological polar surface area (TPSA) is 88.4 Å². The molecule has 0 aromatic heterocycles. The zero-order valence-corrected chi connectivity index (χ0v) is 12.4. The molecule has 2 atom stereocenters. The Morgan fingerprint density at radius 1 is 1.55 bits per heavy atom. The van der Waals surface area contributed by atoms with E-state index in [0.717, 1.165) is 12.0 Å². The molecule has 1 aliphatic heterocycles. The van der Waals surface area contributed by atoms with Crippen molar-refractivity contribution in [2.75, 3.05) is 13.7 Å². The summed E-state index contributed by atoms with van der Waals surface area (Å²) >= 11 is 0. The lowest BCUT2D eigenvalue weighted by Crippen LogP contribution is -2.47. The standard InChI is InChI=1S/C16H18N2O4/c1-21-16(20)13(18-15(19)14-6-3-7-22-14)9-11-4-2-5-12(8-11)10-17/h2,4-5,8,13-14H,3,6-7,9H2,1H3,(H,18,19)/t13-,14+/m1/s1. The first-order chi connectivity index (χ1) is 10.6. The van der Waals surface area contributed by atoms with Crippen molar-refractivity contribution in [1.82, 2.24) is 5.32 Å². The van der Waals surface area contributed by atoms with Crippen LogP contribution in [0.25, 0.3) is 0 Å². The molecule has 0 saturated carbocycles. The largest absolute Gasteiger partial charge is 0.467 e. The molecule has 6 heteroatoms. The maximum Gasteiger partial charge on any atom is 0.328 e. The Hall–Kier alpha value is -2.39. The van der Waals surface area contributed by atoms with E-state index in [1.807, 2.05) is 6.07 Å². The van der Waals surface area contributed by atoms with Crippen LogP contribution in [0.2, 0.25) is 0 Å². The maximum atomic E-state index is 12.1. The Balaban J connectivity index is 2.07. The molecular formula is C16H18N2O4. The Morgan fingerprint density at radius 3 is 3.00 bits per heavy atom. The summed E-state index contributed by atoms with van der Waals surface area (Å²) in [6, 6.07) is 8.16. The van der Waals surface area contributed by atoms with Crippen LogP contribution in [0.4, 0.5) is 0 Å². The molecule has 22 heavy (non-hydrogen) atoms. The SMILES string of the molecule is COC(=O)[C@@H](Cc1cccc(C#N)c1)NC(=O)[C@@H]1CCCO1. The van der Waals surface area contributed by atoms with Gasteiger partial charge >= 0.3 is 5.97 Å². The number of methoxy groups -OCH3 is 1. The molecule has 1 aromatic rings. The zero-order valence-electron chi connectivity index (χ0n) is 12.4. The number of hydrogen-bond acceptors (Lipinski definition) is 5. The Bertz CT molecular complexity index is 588. The van der Waals surface area contributed by atoms with Gasteiger partial charge in [-0.1, -0.05) is 12.1 Å². The Labute approximate surface area is 129 Å². The molecule has 0 radical (unpaired) electrons. The van der Waals surface area contributed by atoms with Crippen LogP contribution in [0.1, 0.15) is 24.0 Å². The molecule has 1 heterocycles. The van der Waals surface area contributed by atoms with Crippen molar-refractivity contribution in [3.05, 3.63) is 35.4 Å². The second-order valence-electron chi connectivity index (χ2n) is 5.10. The minimum absolute atomic E-state index is 0.265. The van der Waals surface area contributed by atoms with Gasteiger partial charge in [-0.05, 0) is 30.5 Å². The molecule has 116 valence electrons. The van der Waals surface area contributed by atoms with E-state index < -0.39 is 18.1 Å². The molecule has 1 amide bonds. The molecule has 1 aliphatic rings. The van der Waals surface area contributed by atoms with Crippen LogP contribution in [0, 0.1) is 11.3 Å². The first-order valence-corrected chi connectivity index (χ1v) is 7.13. The predicted molar refractivity (Wildman–Crippen MR) is 77.8 cm³/mol. The van der Waals surface area contributed by atoms with Crippen LogP contribution in [0.5, 0.6) is 0 Å². The number of carbonyl (C=O) groups excluding carboxylic acids is 2. The number of rotatable bonds is 5. The van der Waals surface area contributed by atoms with Crippen molar-refractivity contribution in [2.45, 2.75) is 31.4 Å². The number of nitrogens with zero attached hydrogens (tertiary/aromatic N) is 1. The van der Waals surface area contributed by atoms with Gasteiger partial charge in [-0.15, -0.1) is 0 Å². The quantitative estimate of drug-likeness (QED) is 0.818. The van der Waals surface area contributed by atoms with E-state index in [1.54, 1.807) is 24.3 Å². The highest BCUT2D eigenvalue weighted by Crippen LogP contribution is 2.13. The van der Waals surface area contributed by atoms with Crippen LogP contribution >= 0.6 is 0 Å². The minimum atomic E-state index is -0.796.